The highest BCUT2D eigenvalue weighted by Crippen LogP contribution is 2.38. The fourth-order valence-electron chi connectivity index (χ4n) is 3.70. The summed E-state index contributed by atoms with van der Waals surface area (Å²) in [6.45, 7) is 11.0. The Bertz CT molecular complexity index is 1240. The molecule has 184 valence electrons. The average Bonchev–Trinajstić information content (AvgIpc) is 3.34. The Morgan fingerprint density at radius 1 is 1.21 bits per heavy atom. The number of thiophene rings is 1. The van der Waals surface area contributed by atoms with Crippen molar-refractivity contribution >= 4 is 27.5 Å². The van der Waals surface area contributed by atoms with Crippen LogP contribution in [-0.2, 0) is 27.7 Å². The van der Waals surface area contributed by atoms with Crippen molar-refractivity contribution < 1.29 is 17.9 Å². The molecule has 0 spiro atoms. The lowest BCUT2D eigenvalue weighted by Crippen LogP contribution is -2.31. The van der Waals surface area contributed by atoms with Gasteiger partial charge >= 0.3 is 6.09 Å². The number of aryl methyl sites for hydroxylation is 2. The number of rotatable bonds is 10. The lowest BCUT2D eigenvalue weighted by molar-refractivity contribution is 0.151. The first kappa shape index (κ1) is 26.0. The number of aromatic nitrogens is 2. The van der Waals surface area contributed by atoms with Gasteiger partial charge in [0.05, 0.1) is 6.61 Å². The Labute approximate surface area is 206 Å². The number of sulfonamides is 1. The molecule has 3 aromatic rings. The number of nitrogens with one attached hydrogen (secondary N) is 1. The van der Waals surface area contributed by atoms with E-state index < -0.39 is 16.1 Å². The highest BCUT2D eigenvalue weighted by molar-refractivity contribution is 7.92. The first-order valence-corrected chi connectivity index (χ1v) is 13.8. The number of nitrogens with zero attached hydrogens (tertiary/aromatic N) is 2. The van der Waals surface area contributed by atoms with Crippen molar-refractivity contribution in [2.75, 3.05) is 6.61 Å². The largest absolute Gasteiger partial charge is 0.449 e. The molecule has 1 aromatic carbocycles. The van der Waals surface area contributed by atoms with Gasteiger partial charge in [0.15, 0.2) is 0 Å². The van der Waals surface area contributed by atoms with Crippen LogP contribution in [0.1, 0.15) is 55.4 Å². The predicted octanol–water partition coefficient (Wildman–Crippen LogP) is 5.69. The average molecular weight is 504 g/mol. The van der Waals surface area contributed by atoms with E-state index in [1.807, 2.05) is 45.2 Å². The molecule has 0 atom stereocenters. The number of benzene rings is 1. The summed E-state index contributed by atoms with van der Waals surface area (Å²) in [6, 6.07) is 7.96. The van der Waals surface area contributed by atoms with Gasteiger partial charge in [-0.3, -0.25) is 0 Å². The van der Waals surface area contributed by atoms with Gasteiger partial charge in [-0.15, -0.1) is 11.3 Å². The van der Waals surface area contributed by atoms with E-state index >= 15 is 0 Å². The summed E-state index contributed by atoms with van der Waals surface area (Å²) < 4.78 is 35.7. The summed E-state index contributed by atoms with van der Waals surface area (Å²) >= 11 is 1.21. The lowest BCUT2D eigenvalue weighted by atomic mass is 9.99. The maximum absolute atomic E-state index is 13.2. The lowest BCUT2D eigenvalue weighted by Gasteiger charge is -2.12. The SMILES string of the molecule is CCCCOC(=O)NS(=O)(=O)c1sc(CC(C)C)cc1-c1ccc(Cn2ccnc2C)cc1C. The third-order valence-electron chi connectivity index (χ3n) is 5.41. The molecule has 0 unspecified atom stereocenters. The first-order valence-electron chi connectivity index (χ1n) is 11.5. The summed E-state index contributed by atoms with van der Waals surface area (Å²) in [5.41, 5.74) is 3.50. The minimum atomic E-state index is -4.08. The van der Waals surface area contributed by atoms with Crippen LogP contribution in [0.25, 0.3) is 11.1 Å². The second-order valence-electron chi connectivity index (χ2n) is 8.86. The maximum Gasteiger partial charge on any atom is 0.421 e. The molecule has 1 N–H and O–H groups in total. The van der Waals surface area contributed by atoms with Gasteiger partial charge in [0.2, 0.25) is 0 Å². The minimum absolute atomic E-state index is 0.136. The van der Waals surface area contributed by atoms with E-state index in [4.69, 9.17) is 4.74 Å². The van der Waals surface area contributed by atoms with Crippen LogP contribution < -0.4 is 4.72 Å². The number of unbranched alkanes of at least 4 members (excludes halogenated alkanes) is 1. The number of amides is 1. The molecule has 9 heteroatoms. The highest BCUT2D eigenvalue weighted by Gasteiger charge is 2.27. The van der Waals surface area contributed by atoms with E-state index in [0.29, 0.717) is 24.4 Å². The Morgan fingerprint density at radius 3 is 2.59 bits per heavy atom. The standard InChI is InChI=1S/C25H33N3O4S2/c1-6-7-12-32-25(29)27-34(30,31)24-23(15-21(33-24)13-17(2)3)22-9-8-20(14-18(22)4)16-28-11-10-26-19(28)5/h8-11,14-15,17H,6-7,12-13,16H2,1-5H3,(H,27,29). The molecule has 34 heavy (non-hydrogen) atoms. The van der Waals surface area contributed by atoms with Crippen LogP contribution in [0, 0.1) is 19.8 Å². The van der Waals surface area contributed by atoms with Gasteiger partial charge in [-0.1, -0.05) is 45.4 Å². The Kier molecular flexibility index (Phi) is 8.54. The maximum atomic E-state index is 13.2. The van der Waals surface area contributed by atoms with Crippen molar-refractivity contribution in [3.63, 3.8) is 0 Å². The van der Waals surface area contributed by atoms with Gasteiger partial charge in [-0.2, -0.15) is 0 Å². The van der Waals surface area contributed by atoms with Crippen molar-refractivity contribution in [2.45, 2.75) is 64.6 Å². The van der Waals surface area contributed by atoms with E-state index in [2.05, 4.69) is 34.2 Å². The van der Waals surface area contributed by atoms with Gasteiger partial charge in [0, 0.05) is 29.4 Å². The van der Waals surface area contributed by atoms with Crippen LogP contribution >= 0.6 is 11.3 Å². The third-order valence-corrected chi connectivity index (χ3v) is 8.41. The minimum Gasteiger partial charge on any atom is -0.449 e. The molecular weight excluding hydrogens is 470 g/mol. The number of carbonyl (C=O) groups is 1. The van der Waals surface area contributed by atoms with Crippen molar-refractivity contribution in [3.05, 3.63) is 58.5 Å². The fourth-order valence-corrected chi connectivity index (χ4v) is 6.53. The summed E-state index contributed by atoms with van der Waals surface area (Å²) in [5.74, 6) is 1.30. The molecule has 0 radical (unpaired) electrons. The number of hydrogen-bond acceptors (Lipinski definition) is 6. The summed E-state index contributed by atoms with van der Waals surface area (Å²) in [5, 5.41) is 0. The molecule has 2 heterocycles. The highest BCUT2D eigenvalue weighted by atomic mass is 32.2. The molecule has 1 amide bonds. The van der Waals surface area contributed by atoms with Crippen LogP contribution in [0.3, 0.4) is 0 Å². The number of ether oxygens (including phenoxy) is 1. The van der Waals surface area contributed by atoms with E-state index in [9.17, 15) is 13.2 Å². The van der Waals surface area contributed by atoms with E-state index in [-0.39, 0.29) is 10.8 Å². The molecule has 0 saturated heterocycles. The summed E-state index contributed by atoms with van der Waals surface area (Å²) in [7, 11) is -4.08. The molecule has 7 nitrogen and oxygen atoms in total. The second kappa shape index (κ2) is 11.2. The Hall–Kier alpha value is -2.65. The van der Waals surface area contributed by atoms with Gasteiger partial charge in [-0.05, 0) is 55.4 Å². The van der Waals surface area contributed by atoms with Gasteiger partial charge in [0.1, 0.15) is 10.0 Å². The van der Waals surface area contributed by atoms with Gasteiger partial charge in [-0.25, -0.2) is 22.9 Å². The molecule has 0 saturated carbocycles. The Morgan fingerprint density at radius 2 is 1.97 bits per heavy atom. The summed E-state index contributed by atoms with van der Waals surface area (Å²) in [4.78, 5) is 17.3. The topological polar surface area (TPSA) is 90.3 Å². The van der Waals surface area contributed by atoms with Crippen LogP contribution in [0.5, 0.6) is 0 Å². The molecule has 0 aliphatic heterocycles. The predicted molar refractivity (Wildman–Crippen MR) is 136 cm³/mol. The van der Waals surface area contributed by atoms with E-state index in [0.717, 1.165) is 40.2 Å². The van der Waals surface area contributed by atoms with E-state index in [1.54, 1.807) is 6.20 Å². The van der Waals surface area contributed by atoms with Crippen LogP contribution in [0.4, 0.5) is 4.79 Å². The zero-order valence-corrected chi connectivity index (χ0v) is 22.1. The van der Waals surface area contributed by atoms with Crippen molar-refractivity contribution in [1.29, 1.82) is 0 Å². The number of imidazole rings is 1. The molecular formula is C25H33N3O4S2. The van der Waals surface area contributed by atoms with Crippen molar-refractivity contribution in [3.8, 4) is 11.1 Å². The summed E-state index contributed by atoms with van der Waals surface area (Å²) in [6.07, 6.45) is 5.05. The monoisotopic (exact) mass is 503 g/mol. The zero-order valence-electron chi connectivity index (χ0n) is 20.4. The van der Waals surface area contributed by atoms with Gasteiger partial charge in [0.25, 0.3) is 10.0 Å². The normalized spacial score (nSPS) is 11.7. The molecule has 0 aliphatic rings. The zero-order chi connectivity index (χ0) is 24.9. The fraction of sp³-hybridized carbons (Fsp3) is 0.440. The second-order valence-corrected chi connectivity index (χ2v) is 11.9. The smallest absolute Gasteiger partial charge is 0.421 e. The molecule has 2 aromatic heterocycles. The molecule has 0 fully saturated rings. The molecule has 0 aliphatic carbocycles. The number of carbonyl (C=O) groups excluding carboxylic acids is 1. The van der Waals surface area contributed by atoms with Gasteiger partial charge < -0.3 is 9.30 Å². The van der Waals surface area contributed by atoms with Crippen molar-refractivity contribution in [1.82, 2.24) is 14.3 Å². The van der Waals surface area contributed by atoms with Crippen LogP contribution in [0.2, 0.25) is 0 Å². The quantitative estimate of drug-likeness (QED) is 0.359. The molecule has 3 rings (SSSR count). The van der Waals surface area contributed by atoms with E-state index in [1.165, 1.54) is 11.3 Å². The Balaban J connectivity index is 1.94. The van der Waals surface area contributed by atoms with Crippen LogP contribution in [0.15, 0.2) is 40.9 Å². The molecule has 0 bridgehead atoms. The first-order chi connectivity index (χ1) is 16.1. The number of hydrogen-bond donors (Lipinski definition) is 1. The van der Waals surface area contributed by atoms with Crippen molar-refractivity contribution in [2.24, 2.45) is 5.92 Å². The van der Waals surface area contributed by atoms with Crippen LogP contribution in [-0.4, -0.2) is 30.7 Å². The third kappa shape index (κ3) is 6.48.